The number of ether oxygens (including phenoxy) is 3. The molecule has 1 atom stereocenters. The number of nitrogens with one attached hydrogen (secondary N) is 2. The third-order valence-electron chi connectivity index (χ3n) is 6.42. The fourth-order valence-corrected chi connectivity index (χ4v) is 4.25. The summed E-state index contributed by atoms with van der Waals surface area (Å²) >= 11 is 0. The van der Waals surface area contributed by atoms with Crippen LogP contribution in [-0.4, -0.2) is 60.4 Å². The number of amides is 3. The summed E-state index contributed by atoms with van der Waals surface area (Å²) in [6.45, 7) is 8.19. The van der Waals surface area contributed by atoms with Crippen LogP contribution in [0.2, 0.25) is 0 Å². The number of alkyl carbamates (subject to hydrolysis) is 1. The van der Waals surface area contributed by atoms with Crippen LogP contribution in [0.15, 0.2) is 18.2 Å². The predicted molar refractivity (Wildman–Crippen MR) is 134 cm³/mol. The van der Waals surface area contributed by atoms with Crippen LogP contribution in [0.25, 0.3) is 5.41 Å². The molecule has 2 aliphatic heterocycles. The number of likely N-dealkylation sites (tertiary alicyclic amines) is 1. The van der Waals surface area contributed by atoms with E-state index in [1.807, 2.05) is 0 Å². The zero-order valence-corrected chi connectivity index (χ0v) is 21.8. The lowest BCUT2D eigenvalue weighted by atomic mass is 9.92. The van der Waals surface area contributed by atoms with Gasteiger partial charge in [0, 0.05) is 39.4 Å². The SMILES string of the molecule is CC(C)C(=[N-])NC(=O)N1CCC(CCCOc2ccc(CC3NC(=O)OC(C)(C)OC3=O)c(F)c2)CC1. The maximum atomic E-state index is 14.7. The van der Waals surface area contributed by atoms with Gasteiger partial charge in [0.15, 0.2) is 0 Å². The Morgan fingerprint density at radius 3 is 2.62 bits per heavy atom. The number of benzene rings is 1. The molecular formula is C26H36FN4O6-. The van der Waals surface area contributed by atoms with Crippen molar-refractivity contribution in [1.29, 1.82) is 0 Å². The molecule has 2 fully saturated rings. The first-order chi connectivity index (χ1) is 17.4. The monoisotopic (exact) mass is 519 g/mol. The van der Waals surface area contributed by atoms with Crippen molar-refractivity contribution in [2.24, 2.45) is 11.8 Å². The second-order valence-corrected chi connectivity index (χ2v) is 10.3. The van der Waals surface area contributed by atoms with Gasteiger partial charge in [0.1, 0.15) is 17.6 Å². The molecule has 0 aromatic heterocycles. The van der Waals surface area contributed by atoms with Crippen LogP contribution in [0.3, 0.4) is 0 Å². The molecule has 0 radical (unpaired) electrons. The number of hydrogen-bond acceptors (Lipinski definition) is 6. The van der Waals surface area contributed by atoms with Gasteiger partial charge >= 0.3 is 12.1 Å². The number of cyclic esters (lactones) is 2. The van der Waals surface area contributed by atoms with E-state index in [1.165, 1.54) is 26.0 Å². The lowest BCUT2D eigenvalue weighted by molar-refractivity contribution is -0.189. The number of hydrogen-bond donors (Lipinski definition) is 2. The highest BCUT2D eigenvalue weighted by Gasteiger charge is 2.37. The molecule has 10 nitrogen and oxygen atoms in total. The van der Waals surface area contributed by atoms with Crippen LogP contribution >= 0.6 is 0 Å². The molecule has 2 saturated heterocycles. The van der Waals surface area contributed by atoms with Gasteiger partial charge in [-0.2, -0.15) is 0 Å². The fourth-order valence-electron chi connectivity index (χ4n) is 4.25. The van der Waals surface area contributed by atoms with E-state index in [0.29, 0.717) is 31.4 Å². The lowest BCUT2D eigenvalue weighted by Gasteiger charge is -2.35. The van der Waals surface area contributed by atoms with E-state index in [0.717, 1.165) is 25.7 Å². The summed E-state index contributed by atoms with van der Waals surface area (Å²) in [5, 5.41) is 14.7. The Balaban J connectivity index is 1.39. The van der Waals surface area contributed by atoms with E-state index in [-0.39, 0.29) is 29.8 Å². The number of carbonyl (C=O) groups is 3. The minimum Gasteiger partial charge on any atom is -0.493 e. The van der Waals surface area contributed by atoms with E-state index < -0.39 is 29.7 Å². The summed E-state index contributed by atoms with van der Waals surface area (Å²) in [6, 6.07) is 3.08. The molecule has 0 aliphatic carbocycles. The fraction of sp³-hybridized carbons (Fsp3) is 0.615. The molecule has 2 aliphatic rings. The molecule has 37 heavy (non-hydrogen) atoms. The molecule has 11 heteroatoms. The zero-order chi connectivity index (χ0) is 27.2. The van der Waals surface area contributed by atoms with Gasteiger partial charge in [0.05, 0.1) is 6.61 Å². The van der Waals surface area contributed by atoms with Crippen molar-refractivity contribution in [3.63, 3.8) is 0 Å². The molecule has 0 saturated carbocycles. The molecule has 204 valence electrons. The number of nitrogens with zero attached hydrogens (tertiary/aromatic N) is 2. The highest BCUT2D eigenvalue weighted by atomic mass is 19.1. The van der Waals surface area contributed by atoms with E-state index in [4.69, 9.17) is 14.2 Å². The van der Waals surface area contributed by atoms with Crippen LogP contribution in [0.1, 0.15) is 58.9 Å². The maximum absolute atomic E-state index is 14.7. The molecule has 3 rings (SSSR count). The van der Waals surface area contributed by atoms with Crippen molar-refractivity contribution < 1.29 is 33.0 Å². The normalized spacial score (nSPS) is 19.9. The minimum atomic E-state index is -1.39. The Morgan fingerprint density at radius 1 is 1.27 bits per heavy atom. The van der Waals surface area contributed by atoms with Gasteiger partial charge in [-0.05, 0) is 49.1 Å². The number of esters is 1. The number of carbonyl (C=O) groups excluding carboxylic acids is 3. The molecular weight excluding hydrogens is 483 g/mol. The highest BCUT2D eigenvalue weighted by Crippen LogP contribution is 2.24. The summed E-state index contributed by atoms with van der Waals surface area (Å²) in [5.74, 6) is -1.94. The first-order valence-electron chi connectivity index (χ1n) is 12.7. The lowest BCUT2D eigenvalue weighted by Crippen LogP contribution is -2.47. The number of amidine groups is 1. The summed E-state index contributed by atoms with van der Waals surface area (Å²) in [6.07, 6.45) is 2.59. The topological polar surface area (TPSA) is 128 Å². The van der Waals surface area contributed by atoms with Crippen molar-refractivity contribution in [2.75, 3.05) is 19.7 Å². The Labute approximate surface area is 216 Å². The van der Waals surface area contributed by atoms with E-state index >= 15 is 0 Å². The van der Waals surface area contributed by atoms with Gasteiger partial charge in [-0.15, -0.1) is 0 Å². The Bertz CT molecular complexity index is 1010. The molecule has 0 spiro atoms. The van der Waals surface area contributed by atoms with E-state index in [9.17, 15) is 24.2 Å². The van der Waals surface area contributed by atoms with Crippen molar-refractivity contribution in [3.05, 3.63) is 35.0 Å². The largest absolute Gasteiger partial charge is 0.493 e. The molecule has 1 aromatic carbocycles. The van der Waals surface area contributed by atoms with Crippen LogP contribution in [0, 0.1) is 17.7 Å². The summed E-state index contributed by atoms with van der Waals surface area (Å²) in [7, 11) is 0. The Hall–Kier alpha value is -3.37. The zero-order valence-electron chi connectivity index (χ0n) is 21.8. The third kappa shape index (κ3) is 8.33. The predicted octanol–water partition coefficient (Wildman–Crippen LogP) is 3.96. The van der Waals surface area contributed by atoms with Crippen LogP contribution < -0.4 is 15.4 Å². The van der Waals surface area contributed by atoms with Gasteiger partial charge in [-0.1, -0.05) is 25.7 Å². The quantitative estimate of drug-likeness (QED) is 0.232. The van der Waals surface area contributed by atoms with Gasteiger partial charge < -0.3 is 35.2 Å². The van der Waals surface area contributed by atoms with Crippen LogP contribution in [-0.2, 0) is 20.7 Å². The molecule has 0 bridgehead atoms. The minimum absolute atomic E-state index is 0.0221. The van der Waals surface area contributed by atoms with E-state index in [1.54, 1.807) is 24.8 Å². The van der Waals surface area contributed by atoms with Gasteiger partial charge in [0.25, 0.3) is 5.79 Å². The van der Waals surface area contributed by atoms with Crippen molar-refractivity contribution in [2.45, 2.75) is 71.6 Å². The van der Waals surface area contributed by atoms with E-state index in [2.05, 4.69) is 10.6 Å². The summed E-state index contributed by atoms with van der Waals surface area (Å²) in [4.78, 5) is 38.0. The van der Waals surface area contributed by atoms with Crippen molar-refractivity contribution >= 4 is 23.9 Å². The number of rotatable bonds is 8. The van der Waals surface area contributed by atoms with Gasteiger partial charge in [-0.3, -0.25) is 4.79 Å². The second kappa shape index (κ2) is 12.2. The number of halogens is 1. The number of urea groups is 1. The molecule has 1 aromatic rings. The Kier molecular flexibility index (Phi) is 9.34. The van der Waals surface area contributed by atoms with Crippen molar-refractivity contribution in [1.82, 2.24) is 15.5 Å². The number of piperidine rings is 1. The smallest absolute Gasteiger partial charge is 0.411 e. The first kappa shape index (κ1) is 28.2. The summed E-state index contributed by atoms with van der Waals surface area (Å²) < 4.78 is 30.5. The molecule has 1 unspecified atom stereocenters. The van der Waals surface area contributed by atoms with Crippen LogP contribution in [0.5, 0.6) is 5.75 Å². The average Bonchev–Trinajstić information content (AvgIpc) is 2.91. The average molecular weight is 520 g/mol. The second-order valence-electron chi connectivity index (χ2n) is 10.3. The van der Waals surface area contributed by atoms with Crippen LogP contribution in [0.4, 0.5) is 14.0 Å². The molecule has 3 amide bonds. The standard InChI is InChI=1S/C26H36FN4O6/c1-16(2)22(28)30-24(33)31-11-9-17(10-12-31)6-5-13-35-19-8-7-18(20(27)15-19)14-21-23(32)36-26(3,4)37-25(34)29-21/h7-8,15-17,21H,5-6,9-14H2,1-4H3,(H2-,28,29,30,33,34)/q-1. The highest BCUT2D eigenvalue weighted by molar-refractivity contribution is 6.00. The first-order valence-corrected chi connectivity index (χ1v) is 12.7. The third-order valence-corrected chi connectivity index (χ3v) is 6.42. The Morgan fingerprint density at radius 2 is 1.97 bits per heavy atom. The van der Waals surface area contributed by atoms with Gasteiger partial charge in [0.2, 0.25) is 6.03 Å². The van der Waals surface area contributed by atoms with Crippen molar-refractivity contribution in [3.8, 4) is 5.75 Å². The molecule has 2 N–H and O–H groups in total. The van der Waals surface area contributed by atoms with Gasteiger partial charge in [-0.25, -0.2) is 14.0 Å². The molecule has 2 heterocycles. The summed E-state index contributed by atoms with van der Waals surface area (Å²) in [5.41, 5.74) is 0.240. The maximum Gasteiger partial charge on any atom is 0.411 e.